The zero-order valence-electron chi connectivity index (χ0n) is 16.4. The van der Waals surface area contributed by atoms with Crippen molar-refractivity contribution >= 4 is 17.6 Å². The third kappa shape index (κ3) is 4.54. The van der Waals surface area contributed by atoms with E-state index < -0.39 is 0 Å². The molecule has 2 heterocycles. The average molecular weight is 383 g/mol. The van der Waals surface area contributed by atoms with Crippen molar-refractivity contribution in [1.82, 2.24) is 15.2 Å². The molecule has 28 heavy (non-hydrogen) atoms. The topological polar surface area (TPSA) is 65.5 Å². The number of piperazine rings is 1. The summed E-state index contributed by atoms with van der Waals surface area (Å²) >= 11 is 0. The summed E-state index contributed by atoms with van der Waals surface area (Å²) in [6.45, 7) is 3.84. The molecule has 6 nitrogen and oxygen atoms in total. The van der Waals surface area contributed by atoms with E-state index >= 15 is 0 Å². The summed E-state index contributed by atoms with van der Waals surface area (Å²) in [5, 5.41) is 3.08. The molecule has 3 aliphatic rings. The lowest BCUT2D eigenvalue weighted by molar-refractivity contribution is -0.131. The molecular weight excluding hydrogens is 352 g/mol. The van der Waals surface area contributed by atoms with Crippen molar-refractivity contribution in [3.05, 3.63) is 36.5 Å². The van der Waals surface area contributed by atoms with E-state index in [0.29, 0.717) is 31.1 Å². The number of aromatic nitrogens is 1. The van der Waals surface area contributed by atoms with Gasteiger partial charge in [0.05, 0.1) is 0 Å². The van der Waals surface area contributed by atoms with Gasteiger partial charge in [-0.25, -0.2) is 4.98 Å². The highest BCUT2D eigenvalue weighted by Crippen LogP contribution is 2.42. The van der Waals surface area contributed by atoms with E-state index in [0.717, 1.165) is 44.5 Å². The lowest BCUT2D eigenvalue weighted by Crippen LogP contribution is -2.49. The predicted molar refractivity (Wildman–Crippen MR) is 109 cm³/mol. The second kappa shape index (κ2) is 8.76. The number of carbonyl (C=O) groups excluding carboxylic acids is 2. The molecule has 2 amide bonds. The summed E-state index contributed by atoms with van der Waals surface area (Å²) < 4.78 is 0. The van der Waals surface area contributed by atoms with Gasteiger partial charge >= 0.3 is 0 Å². The van der Waals surface area contributed by atoms with Gasteiger partial charge in [-0.1, -0.05) is 18.2 Å². The smallest absolute Gasteiger partial charge is 0.222 e. The summed E-state index contributed by atoms with van der Waals surface area (Å²) in [4.78, 5) is 33.0. The maximum atomic E-state index is 12.4. The molecule has 0 radical (unpaired) electrons. The Morgan fingerprint density at radius 3 is 2.61 bits per heavy atom. The fraction of sp³-hybridized carbons (Fsp3) is 0.591. The van der Waals surface area contributed by atoms with Crippen molar-refractivity contribution in [2.75, 3.05) is 37.6 Å². The minimum atomic E-state index is 0.0829. The van der Waals surface area contributed by atoms with Crippen LogP contribution in [-0.2, 0) is 9.59 Å². The number of nitrogens with zero attached hydrogens (tertiary/aromatic N) is 3. The normalized spacial score (nSPS) is 25.9. The van der Waals surface area contributed by atoms with Crippen LogP contribution in [0.3, 0.4) is 0 Å². The van der Waals surface area contributed by atoms with Crippen molar-refractivity contribution in [1.29, 1.82) is 0 Å². The number of rotatable bonds is 7. The molecule has 2 bridgehead atoms. The number of fused-ring (bicyclic) bond motifs is 2. The number of allylic oxidation sites excluding steroid dienone is 2. The van der Waals surface area contributed by atoms with Gasteiger partial charge in [0.1, 0.15) is 5.82 Å². The van der Waals surface area contributed by atoms with Gasteiger partial charge < -0.3 is 15.1 Å². The third-order valence-electron chi connectivity index (χ3n) is 6.38. The number of nitrogens with one attached hydrogen (secondary N) is 1. The first kappa shape index (κ1) is 19.0. The molecule has 4 rings (SSSR count). The maximum Gasteiger partial charge on any atom is 0.222 e. The molecule has 3 atom stereocenters. The Morgan fingerprint density at radius 1 is 1.07 bits per heavy atom. The molecule has 1 N–H and O–H groups in total. The van der Waals surface area contributed by atoms with E-state index in [9.17, 15) is 9.59 Å². The van der Waals surface area contributed by atoms with E-state index in [-0.39, 0.29) is 11.8 Å². The molecule has 1 aliphatic heterocycles. The van der Waals surface area contributed by atoms with Crippen LogP contribution in [-0.4, -0.2) is 54.4 Å². The minimum Gasteiger partial charge on any atom is -0.356 e. The largest absolute Gasteiger partial charge is 0.356 e. The van der Waals surface area contributed by atoms with Gasteiger partial charge in [-0.15, -0.1) is 0 Å². The molecule has 150 valence electrons. The van der Waals surface area contributed by atoms with Gasteiger partial charge in [0.15, 0.2) is 0 Å². The van der Waals surface area contributed by atoms with Gasteiger partial charge in [-0.3, -0.25) is 9.59 Å². The highest BCUT2D eigenvalue weighted by atomic mass is 16.2. The molecule has 1 saturated heterocycles. The van der Waals surface area contributed by atoms with Gasteiger partial charge in [0, 0.05) is 51.8 Å². The van der Waals surface area contributed by atoms with Crippen LogP contribution in [0.1, 0.15) is 32.1 Å². The van der Waals surface area contributed by atoms with E-state index in [1.54, 1.807) is 6.20 Å². The molecule has 6 heteroatoms. The lowest BCUT2D eigenvalue weighted by Gasteiger charge is -2.35. The highest BCUT2D eigenvalue weighted by molar-refractivity contribution is 5.79. The van der Waals surface area contributed by atoms with Crippen LogP contribution in [0.15, 0.2) is 36.5 Å². The van der Waals surface area contributed by atoms with E-state index in [4.69, 9.17) is 0 Å². The molecule has 2 fully saturated rings. The molecular formula is C22H30N4O2. The standard InChI is InChI=1S/C22H30N4O2/c27-21(24-16-19-15-17-7-8-18(19)14-17)5-3-6-22(28)26-12-10-25(11-13-26)20-4-1-2-9-23-20/h1-2,4,7-9,17-19H,3,5-6,10-16H2,(H,24,27)/t17-,18+,19+/m1/s1. The zero-order chi connectivity index (χ0) is 19.3. The quantitative estimate of drug-likeness (QED) is 0.735. The molecule has 2 aliphatic carbocycles. The Balaban J connectivity index is 1.10. The zero-order valence-corrected chi connectivity index (χ0v) is 16.4. The molecule has 0 unspecified atom stereocenters. The minimum absolute atomic E-state index is 0.0829. The van der Waals surface area contributed by atoms with Crippen LogP contribution in [0.5, 0.6) is 0 Å². The van der Waals surface area contributed by atoms with Crippen molar-refractivity contribution in [2.45, 2.75) is 32.1 Å². The Hall–Kier alpha value is -2.37. The van der Waals surface area contributed by atoms with Gasteiger partial charge in [-0.05, 0) is 49.1 Å². The van der Waals surface area contributed by atoms with Crippen LogP contribution in [0.4, 0.5) is 5.82 Å². The SMILES string of the molecule is O=C(CCCC(=O)N1CCN(c2ccccn2)CC1)NC[C@@H]1C[C@@H]2C=C[C@H]1C2. The molecule has 1 aromatic heterocycles. The summed E-state index contributed by atoms with van der Waals surface area (Å²) in [6.07, 6.45) is 10.4. The number of pyridine rings is 1. The Kier molecular flexibility index (Phi) is 5.93. The summed E-state index contributed by atoms with van der Waals surface area (Å²) in [6, 6.07) is 5.90. The third-order valence-corrected chi connectivity index (χ3v) is 6.38. The predicted octanol–water partition coefficient (Wildman–Crippen LogP) is 2.23. The molecule has 0 spiro atoms. The van der Waals surface area contributed by atoms with Crippen LogP contribution in [0, 0.1) is 17.8 Å². The second-order valence-electron chi connectivity index (χ2n) is 8.25. The molecule has 1 aromatic rings. The summed E-state index contributed by atoms with van der Waals surface area (Å²) in [7, 11) is 0. The van der Waals surface area contributed by atoms with Crippen molar-refractivity contribution in [3.8, 4) is 0 Å². The average Bonchev–Trinajstić information content (AvgIpc) is 3.36. The summed E-state index contributed by atoms with van der Waals surface area (Å²) in [5.41, 5.74) is 0. The van der Waals surface area contributed by atoms with Crippen molar-refractivity contribution in [2.24, 2.45) is 17.8 Å². The Labute approximate surface area is 167 Å². The number of hydrogen-bond donors (Lipinski definition) is 1. The second-order valence-corrected chi connectivity index (χ2v) is 8.25. The fourth-order valence-corrected chi connectivity index (χ4v) is 4.75. The van der Waals surface area contributed by atoms with Crippen LogP contribution in [0.2, 0.25) is 0 Å². The van der Waals surface area contributed by atoms with Crippen LogP contribution < -0.4 is 10.2 Å². The molecule has 1 saturated carbocycles. The first-order valence-corrected chi connectivity index (χ1v) is 10.6. The van der Waals surface area contributed by atoms with Gasteiger partial charge in [-0.2, -0.15) is 0 Å². The van der Waals surface area contributed by atoms with E-state index in [1.807, 2.05) is 23.1 Å². The Bertz CT molecular complexity index is 713. The van der Waals surface area contributed by atoms with Crippen molar-refractivity contribution in [3.63, 3.8) is 0 Å². The molecule has 0 aromatic carbocycles. The van der Waals surface area contributed by atoms with Crippen LogP contribution >= 0.6 is 0 Å². The first-order chi connectivity index (χ1) is 13.7. The van der Waals surface area contributed by atoms with Gasteiger partial charge in [0.25, 0.3) is 0 Å². The van der Waals surface area contributed by atoms with Crippen LogP contribution in [0.25, 0.3) is 0 Å². The number of carbonyl (C=O) groups is 2. The number of amides is 2. The van der Waals surface area contributed by atoms with E-state index in [1.165, 1.54) is 12.8 Å². The first-order valence-electron chi connectivity index (χ1n) is 10.6. The summed E-state index contributed by atoms with van der Waals surface area (Å²) in [5.74, 6) is 3.22. The van der Waals surface area contributed by atoms with Gasteiger partial charge in [0.2, 0.25) is 11.8 Å². The lowest BCUT2D eigenvalue weighted by atomic mass is 9.93. The van der Waals surface area contributed by atoms with Crippen molar-refractivity contribution < 1.29 is 9.59 Å². The monoisotopic (exact) mass is 382 g/mol. The number of anilines is 1. The Morgan fingerprint density at radius 2 is 1.93 bits per heavy atom. The highest BCUT2D eigenvalue weighted by Gasteiger charge is 2.35. The number of hydrogen-bond acceptors (Lipinski definition) is 4. The fourth-order valence-electron chi connectivity index (χ4n) is 4.75. The maximum absolute atomic E-state index is 12.4. The van der Waals surface area contributed by atoms with E-state index in [2.05, 4.69) is 27.4 Å².